The summed E-state index contributed by atoms with van der Waals surface area (Å²) in [5.74, 6) is 0. The molecule has 1 nitrogen and oxygen atoms in total. The van der Waals surface area contributed by atoms with Gasteiger partial charge in [0, 0.05) is 16.9 Å². The Labute approximate surface area is 85.7 Å². The van der Waals surface area contributed by atoms with Crippen LogP contribution in [0.25, 0.3) is 10.4 Å². The van der Waals surface area contributed by atoms with Gasteiger partial charge in [-0.15, -0.1) is 11.3 Å². The van der Waals surface area contributed by atoms with Crippen LogP contribution in [0.4, 0.5) is 0 Å². The molecule has 0 N–H and O–H groups in total. The van der Waals surface area contributed by atoms with Gasteiger partial charge >= 0.3 is 0 Å². The average Bonchev–Trinajstić information content (AvgIpc) is 2.59. The van der Waals surface area contributed by atoms with Gasteiger partial charge in [0.05, 0.1) is 0 Å². The molecule has 0 unspecified atom stereocenters. The van der Waals surface area contributed by atoms with E-state index in [-0.39, 0.29) is 5.43 Å². The lowest BCUT2D eigenvalue weighted by Gasteiger charge is -1.96. The lowest BCUT2D eigenvalue weighted by molar-refractivity contribution is 1.24. The van der Waals surface area contributed by atoms with Crippen LogP contribution >= 0.6 is 11.3 Å². The summed E-state index contributed by atoms with van der Waals surface area (Å²) in [7, 11) is 0. The molecule has 1 aliphatic rings. The standard InChI is InChI=1S/C12H8OS/c13-11-5-6-14-12-9-4-2-1-3-8(9)7-10(11)12/h1-6H,7H2. The summed E-state index contributed by atoms with van der Waals surface area (Å²) in [4.78, 5) is 12.7. The van der Waals surface area contributed by atoms with E-state index in [9.17, 15) is 4.79 Å². The SMILES string of the molecule is O=c1ccsc2c1Cc1ccccc1-2. The summed E-state index contributed by atoms with van der Waals surface area (Å²) >= 11 is 1.66. The molecule has 0 saturated heterocycles. The van der Waals surface area contributed by atoms with Crippen molar-refractivity contribution < 1.29 is 0 Å². The Hall–Kier alpha value is -1.41. The molecule has 2 heteroatoms. The maximum absolute atomic E-state index is 11.6. The molecule has 0 atom stereocenters. The summed E-state index contributed by atoms with van der Waals surface area (Å²) < 4.78 is 0. The average molecular weight is 200 g/mol. The number of benzene rings is 1. The third-order valence-electron chi connectivity index (χ3n) is 2.61. The van der Waals surface area contributed by atoms with Crippen molar-refractivity contribution in [3.63, 3.8) is 0 Å². The zero-order valence-corrected chi connectivity index (χ0v) is 8.30. The van der Waals surface area contributed by atoms with Crippen molar-refractivity contribution in [2.75, 3.05) is 0 Å². The van der Waals surface area contributed by atoms with E-state index < -0.39 is 0 Å². The van der Waals surface area contributed by atoms with E-state index in [1.54, 1.807) is 17.4 Å². The smallest absolute Gasteiger partial charge is 0.184 e. The van der Waals surface area contributed by atoms with Crippen LogP contribution in [-0.4, -0.2) is 0 Å². The van der Waals surface area contributed by atoms with Crippen molar-refractivity contribution in [2.45, 2.75) is 6.42 Å². The van der Waals surface area contributed by atoms with Crippen LogP contribution in [0.5, 0.6) is 0 Å². The Bertz CT molecular complexity index is 554. The number of fused-ring (bicyclic) bond motifs is 3. The summed E-state index contributed by atoms with van der Waals surface area (Å²) in [6.07, 6.45) is 0.807. The number of hydrogen-bond acceptors (Lipinski definition) is 2. The van der Waals surface area contributed by atoms with Gasteiger partial charge in [-0.3, -0.25) is 4.79 Å². The minimum absolute atomic E-state index is 0.176. The molecule has 1 aromatic carbocycles. The predicted octanol–water partition coefficient (Wildman–Crippen LogP) is 2.68. The molecule has 0 fully saturated rings. The van der Waals surface area contributed by atoms with Gasteiger partial charge in [-0.2, -0.15) is 0 Å². The van der Waals surface area contributed by atoms with Crippen molar-refractivity contribution in [1.29, 1.82) is 0 Å². The van der Waals surface area contributed by atoms with Gasteiger partial charge in [0.2, 0.25) is 0 Å². The molecule has 1 heterocycles. The third-order valence-corrected chi connectivity index (χ3v) is 3.58. The normalized spacial score (nSPS) is 12.3. The summed E-state index contributed by atoms with van der Waals surface area (Å²) in [5, 5.41) is 1.88. The highest BCUT2D eigenvalue weighted by molar-refractivity contribution is 7.13. The number of rotatable bonds is 0. The Balaban J connectivity index is 2.38. The van der Waals surface area contributed by atoms with Crippen LogP contribution in [0.3, 0.4) is 0 Å². The fourth-order valence-corrected chi connectivity index (χ4v) is 2.90. The molecule has 68 valence electrons. The van der Waals surface area contributed by atoms with Crippen LogP contribution in [0.15, 0.2) is 40.5 Å². The Morgan fingerprint density at radius 3 is 2.93 bits per heavy atom. The van der Waals surface area contributed by atoms with Gasteiger partial charge in [-0.1, -0.05) is 24.3 Å². The molecular formula is C12H8OS. The molecule has 0 aliphatic heterocycles. The van der Waals surface area contributed by atoms with E-state index in [1.165, 1.54) is 11.1 Å². The highest BCUT2D eigenvalue weighted by Gasteiger charge is 2.19. The summed E-state index contributed by atoms with van der Waals surface area (Å²) in [5.41, 5.74) is 3.67. The van der Waals surface area contributed by atoms with Crippen molar-refractivity contribution in [3.05, 3.63) is 57.1 Å². The second-order valence-corrected chi connectivity index (χ2v) is 4.34. The van der Waals surface area contributed by atoms with E-state index >= 15 is 0 Å². The van der Waals surface area contributed by atoms with Gasteiger partial charge in [-0.25, -0.2) is 0 Å². The fraction of sp³-hybridized carbons (Fsp3) is 0.0833. The van der Waals surface area contributed by atoms with Crippen molar-refractivity contribution >= 4 is 11.3 Å². The van der Waals surface area contributed by atoms with Crippen molar-refractivity contribution in [3.8, 4) is 10.4 Å². The molecule has 1 aromatic heterocycles. The highest BCUT2D eigenvalue weighted by atomic mass is 32.1. The van der Waals surface area contributed by atoms with Gasteiger partial charge in [0.1, 0.15) is 0 Å². The molecular weight excluding hydrogens is 192 g/mol. The van der Waals surface area contributed by atoms with E-state index in [0.29, 0.717) is 0 Å². The molecule has 0 amide bonds. The van der Waals surface area contributed by atoms with Crippen LogP contribution < -0.4 is 5.43 Å². The van der Waals surface area contributed by atoms with E-state index in [4.69, 9.17) is 0 Å². The van der Waals surface area contributed by atoms with Gasteiger partial charge in [-0.05, 0) is 22.6 Å². The van der Waals surface area contributed by atoms with Crippen molar-refractivity contribution in [2.24, 2.45) is 0 Å². The maximum Gasteiger partial charge on any atom is 0.184 e. The summed E-state index contributed by atoms with van der Waals surface area (Å²) in [6, 6.07) is 9.91. The zero-order valence-electron chi connectivity index (χ0n) is 7.49. The molecule has 0 bridgehead atoms. The first-order valence-corrected chi connectivity index (χ1v) is 5.43. The molecule has 2 aromatic rings. The lowest BCUT2D eigenvalue weighted by atomic mass is 10.1. The van der Waals surface area contributed by atoms with E-state index in [1.807, 2.05) is 17.5 Å². The van der Waals surface area contributed by atoms with Gasteiger partial charge in [0.15, 0.2) is 5.43 Å². The Morgan fingerprint density at radius 1 is 1.14 bits per heavy atom. The molecule has 0 saturated carbocycles. The second-order valence-electron chi connectivity index (χ2n) is 3.43. The van der Waals surface area contributed by atoms with Crippen LogP contribution in [0, 0.1) is 0 Å². The minimum Gasteiger partial charge on any atom is -0.290 e. The molecule has 0 spiro atoms. The topological polar surface area (TPSA) is 17.1 Å². The molecule has 14 heavy (non-hydrogen) atoms. The second kappa shape index (κ2) is 2.79. The molecule has 1 aliphatic carbocycles. The first-order valence-electron chi connectivity index (χ1n) is 4.55. The molecule has 3 rings (SSSR count). The van der Waals surface area contributed by atoms with Gasteiger partial charge < -0.3 is 0 Å². The number of hydrogen-bond donors (Lipinski definition) is 0. The van der Waals surface area contributed by atoms with E-state index in [2.05, 4.69) is 12.1 Å². The van der Waals surface area contributed by atoms with E-state index in [0.717, 1.165) is 16.9 Å². The predicted molar refractivity (Wildman–Crippen MR) is 58.8 cm³/mol. The summed E-state index contributed by atoms with van der Waals surface area (Å²) in [6.45, 7) is 0. The Kier molecular flexibility index (Phi) is 1.58. The maximum atomic E-state index is 11.6. The lowest BCUT2D eigenvalue weighted by Crippen LogP contribution is -2.03. The zero-order chi connectivity index (χ0) is 9.54. The minimum atomic E-state index is 0.176. The first-order chi connectivity index (χ1) is 6.86. The highest BCUT2D eigenvalue weighted by Crippen LogP contribution is 2.36. The quantitative estimate of drug-likeness (QED) is 0.545. The van der Waals surface area contributed by atoms with Crippen LogP contribution in [-0.2, 0) is 6.42 Å². The first kappa shape index (κ1) is 7.94. The fourth-order valence-electron chi connectivity index (χ4n) is 1.93. The van der Waals surface area contributed by atoms with Crippen molar-refractivity contribution in [1.82, 2.24) is 0 Å². The molecule has 0 radical (unpaired) electrons. The van der Waals surface area contributed by atoms with Gasteiger partial charge in [0.25, 0.3) is 0 Å². The third kappa shape index (κ3) is 0.976. The Morgan fingerprint density at radius 2 is 2.00 bits per heavy atom. The largest absolute Gasteiger partial charge is 0.290 e. The van der Waals surface area contributed by atoms with Crippen LogP contribution in [0.1, 0.15) is 11.1 Å². The monoisotopic (exact) mass is 200 g/mol. The van der Waals surface area contributed by atoms with Crippen LogP contribution in [0.2, 0.25) is 0 Å².